The quantitative estimate of drug-likeness (QED) is 0.854. The number of amides is 1. The Morgan fingerprint density at radius 2 is 2.11 bits per heavy atom. The van der Waals surface area contributed by atoms with Gasteiger partial charge in [0.25, 0.3) is 5.56 Å². The predicted molar refractivity (Wildman–Crippen MR) is 58.0 cm³/mol. The van der Waals surface area contributed by atoms with Gasteiger partial charge in [-0.2, -0.15) is 13.2 Å². The molecule has 0 radical (unpaired) electrons. The van der Waals surface area contributed by atoms with Crippen molar-refractivity contribution in [1.29, 1.82) is 0 Å². The maximum absolute atomic E-state index is 12.4. The first-order valence-electron chi connectivity index (χ1n) is 5.40. The second-order valence-electron chi connectivity index (χ2n) is 4.44. The highest BCUT2D eigenvalue weighted by Crippen LogP contribution is 2.38. The maximum Gasteiger partial charge on any atom is 0.417 e. The number of H-pyrrole nitrogens is 1. The molecule has 1 aromatic rings. The molecule has 98 valence electrons. The number of rotatable bonds is 2. The number of pyridine rings is 1. The van der Waals surface area contributed by atoms with E-state index in [-0.39, 0.29) is 17.5 Å². The minimum absolute atomic E-state index is 0.209. The van der Waals surface area contributed by atoms with Crippen molar-refractivity contribution in [2.24, 2.45) is 11.8 Å². The van der Waals surface area contributed by atoms with E-state index in [9.17, 15) is 22.8 Å². The second kappa shape index (κ2) is 4.15. The number of anilines is 1. The summed E-state index contributed by atoms with van der Waals surface area (Å²) in [6.07, 6.45) is -3.28. The van der Waals surface area contributed by atoms with Crippen molar-refractivity contribution in [2.75, 3.05) is 5.32 Å². The number of carbonyl (C=O) groups excluding carboxylic acids is 1. The molecule has 0 bridgehead atoms. The van der Waals surface area contributed by atoms with Crippen molar-refractivity contribution in [1.82, 2.24) is 4.98 Å². The molecule has 1 fully saturated rings. The van der Waals surface area contributed by atoms with E-state index in [1.54, 1.807) is 0 Å². The van der Waals surface area contributed by atoms with Crippen LogP contribution in [0.4, 0.5) is 18.9 Å². The number of halogens is 3. The molecule has 2 unspecified atom stereocenters. The van der Waals surface area contributed by atoms with Gasteiger partial charge in [0.2, 0.25) is 5.91 Å². The fourth-order valence-corrected chi connectivity index (χ4v) is 1.65. The van der Waals surface area contributed by atoms with E-state index in [1.807, 2.05) is 11.9 Å². The molecule has 1 aliphatic rings. The molecular formula is C11H11F3N2O2. The SMILES string of the molecule is CC1CC1C(=O)Nc1cc(C(F)(F)F)c[nH]c1=O. The van der Waals surface area contributed by atoms with Gasteiger partial charge in [-0.05, 0) is 18.4 Å². The summed E-state index contributed by atoms with van der Waals surface area (Å²) in [5, 5.41) is 2.23. The molecular weight excluding hydrogens is 249 g/mol. The number of nitrogens with one attached hydrogen (secondary N) is 2. The normalized spacial score (nSPS) is 22.7. The lowest BCUT2D eigenvalue weighted by molar-refractivity contribution is -0.137. The van der Waals surface area contributed by atoms with Crippen molar-refractivity contribution in [3.8, 4) is 0 Å². The zero-order valence-electron chi connectivity index (χ0n) is 9.47. The largest absolute Gasteiger partial charge is 0.417 e. The minimum Gasteiger partial charge on any atom is -0.327 e. The van der Waals surface area contributed by atoms with Gasteiger partial charge < -0.3 is 10.3 Å². The van der Waals surface area contributed by atoms with E-state index < -0.39 is 23.2 Å². The van der Waals surface area contributed by atoms with Crippen LogP contribution >= 0.6 is 0 Å². The average Bonchev–Trinajstić information content (AvgIpc) is 2.97. The number of carbonyl (C=O) groups is 1. The fraction of sp³-hybridized carbons (Fsp3) is 0.455. The Morgan fingerprint density at radius 1 is 1.50 bits per heavy atom. The van der Waals surface area contributed by atoms with Gasteiger partial charge in [0.1, 0.15) is 5.69 Å². The van der Waals surface area contributed by atoms with Crippen molar-refractivity contribution < 1.29 is 18.0 Å². The lowest BCUT2D eigenvalue weighted by Gasteiger charge is -2.08. The van der Waals surface area contributed by atoms with Crippen LogP contribution in [-0.4, -0.2) is 10.9 Å². The summed E-state index contributed by atoms with van der Waals surface area (Å²) in [6, 6.07) is 0.643. The molecule has 1 aromatic heterocycles. The summed E-state index contributed by atoms with van der Waals surface area (Å²) in [7, 11) is 0. The molecule has 7 heteroatoms. The maximum atomic E-state index is 12.4. The van der Waals surface area contributed by atoms with Gasteiger partial charge in [0, 0.05) is 12.1 Å². The van der Waals surface area contributed by atoms with Crippen molar-refractivity contribution in [2.45, 2.75) is 19.5 Å². The molecule has 2 N–H and O–H groups in total. The number of hydrogen-bond acceptors (Lipinski definition) is 2. The third kappa shape index (κ3) is 2.55. The average molecular weight is 260 g/mol. The molecule has 0 aliphatic heterocycles. The number of aromatic nitrogens is 1. The first-order chi connectivity index (χ1) is 8.29. The Balaban J connectivity index is 2.22. The van der Waals surface area contributed by atoms with Gasteiger partial charge in [0.15, 0.2) is 0 Å². The monoisotopic (exact) mass is 260 g/mol. The molecule has 1 amide bonds. The standard InChI is InChI=1S/C11H11F3N2O2/c1-5-2-7(5)9(17)16-8-3-6(11(12,13)14)4-15-10(8)18/h3-5,7H,2H2,1H3,(H,15,18)(H,16,17). The first kappa shape index (κ1) is 12.7. The summed E-state index contributed by atoms with van der Waals surface area (Å²) < 4.78 is 37.3. The van der Waals surface area contributed by atoms with Crippen LogP contribution in [0.1, 0.15) is 18.9 Å². The lowest BCUT2D eigenvalue weighted by atomic mass is 10.2. The molecule has 0 spiro atoms. The van der Waals surface area contributed by atoms with E-state index in [2.05, 4.69) is 5.32 Å². The smallest absolute Gasteiger partial charge is 0.327 e. The molecule has 1 aliphatic carbocycles. The highest BCUT2D eigenvalue weighted by Gasteiger charge is 2.39. The molecule has 1 heterocycles. The summed E-state index contributed by atoms with van der Waals surface area (Å²) in [5.41, 5.74) is -2.11. The molecule has 2 rings (SSSR count). The van der Waals surface area contributed by atoms with Crippen LogP contribution in [0.3, 0.4) is 0 Å². The Hall–Kier alpha value is -1.79. The number of hydrogen-bond donors (Lipinski definition) is 2. The van der Waals surface area contributed by atoms with Crippen LogP contribution in [0.15, 0.2) is 17.1 Å². The van der Waals surface area contributed by atoms with Crippen LogP contribution in [0.2, 0.25) is 0 Å². The van der Waals surface area contributed by atoms with E-state index in [4.69, 9.17) is 0 Å². The van der Waals surface area contributed by atoms with Crippen LogP contribution < -0.4 is 10.9 Å². The Labute approximate surface area is 100 Å². The number of aromatic amines is 1. The second-order valence-corrected chi connectivity index (χ2v) is 4.44. The topological polar surface area (TPSA) is 62.0 Å². The third-order valence-corrected chi connectivity index (χ3v) is 2.93. The summed E-state index contributed by atoms with van der Waals surface area (Å²) in [6.45, 7) is 1.86. The van der Waals surface area contributed by atoms with Gasteiger partial charge in [-0.3, -0.25) is 9.59 Å². The van der Waals surface area contributed by atoms with Gasteiger partial charge in [0.05, 0.1) is 5.56 Å². The molecule has 4 nitrogen and oxygen atoms in total. The van der Waals surface area contributed by atoms with E-state index >= 15 is 0 Å². The lowest BCUT2D eigenvalue weighted by Crippen LogP contribution is -2.22. The third-order valence-electron chi connectivity index (χ3n) is 2.93. The van der Waals surface area contributed by atoms with E-state index in [1.165, 1.54) is 0 Å². The van der Waals surface area contributed by atoms with E-state index in [0.717, 1.165) is 0 Å². The zero-order chi connectivity index (χ0) is 13.5. The predicted octanol–water partition coefficient (Wildman–Crippen LogP) is 1.99. The van der Waals surface area contributed by atoms with E-state index in [0.29, 0.717) is 18.7 Å². The highest BCUT2D eigenvalue weighted by atomic mass is 19.4. The summed E-state index contributed by atoms with van der Waals surface area (Å²) in [4.78, 5) is 24.8. The first-order valence-corrected chi connectivity index (χ1v) is 5.40. The van der Waals surface area contributed by atoms with Crippen molar-refractivity contribution in [3.63, 3.8) is 0 Å². The molecule has 2 atom stereocenters. The summed E-state index contributed by atoms with van der Waals surface area (Å²) in [5.74, 6) is -0.402. The van der Waals surface area contributed by atoms with Crippen molar-refractivity contribution >= 4 is 11.6 Å². The van der Waals surface area contributed by atoms with Crippen LogP contribution in [0.5, 0.6) is 0 Å². The molecule has 0 aromatic carbocycles. The van der Waals surface area contributed by atoms with Crippen LogP contribution in [0.25, 0.3) is 0 Å². The van der Waals surface area contributed by atoms with Crippen molar-refractivity contribution in [3.05, 3.63) is 28.2 Å². The van der Waals surface area contributed by atoms with Gasteiger partial charge >= 0.3 is 6.18 Å². The van der Waals surface area contributed by atoms with Gasteiger partial charge in [-0.25, -0.2) is 0 Å². The van der Waals surface area contributed by atoms with Crippen LogP contribution in [-0.2, 0) is 11.0 Å². The van der Waals surface area contributed by atoms with Gasteiger partial charge in [-0.1, -0.05) is 6.92 Å². The zero-order valence-corrected chi connectivity index (χ0v) is 9.47. The molecule has 0 saturated heterocycles. The Bertz CT molecular complexity index is 536. The summed E-state index contributed by atoms with van der Waals surface area (Å²) >= 11 is 0. The Morgan fingerprint density at radius 3 is 2.61 bits per heavy atom. The minimum atomic E-state index is -4.56. The molecule has 1 saturated carbocycles. The fourth-order valence-electron chi connectivity index (χ4n) is 1.65. The number of alkyl halides is 3. The molecule has 18 heavy (non-hydrogen) atoms. The van der Waals surface area contributed by atoms with Crippen LogP contribution in [0, 0.1) is 11.8 Å². The Kier molecular flexibility index (Phi) is 2.92. The highest BCUT2D eigenvalue weighted by molar-refractivity contribution is 5.94. The van der Waals surface area contributed by atoms with Gasteiger partial charge in [-0.15, -0.1) is 0 Å².